The standard InChI is InChI=1S/C10H20N2O4/c1-15-2-3-16-7-9(13)6-11-8-4-10(14)12-5-8/h8-9,11,13H,2-7H2,1H3,(H,12,14). The maximum atomic E-state index is 10.9. The summed E-state index contributed by atoms with van der Waals surface area (Å²) in [4.78, 5) is 10.9. The maximum absolute atomic E-state index is 10.9. The zero-order valence-electron chi connectivity index (χ0n) is 9.57. The molecule has 16 heavy (non-hydrogen) atoms. The van der Waals surface area contributed by atoms with Gasteiger partial charge in [-0.25, -0.2) is 0 Å². The monoisotopic (exact) mass is 232 g/mol. The van der Waals surface area contributed by atoms with Gasteiger partial charge in [0.05, 0.1) is 25.9 Å². The van der Waals surface area contributed by atoms with Crippen LogP contribution in [0.25, 0.3) is 0 Å². The van der Waals surface area contributed by atoms with Gasteiger partial charge in [0.15, 0.2) is 0 Å². The second kappa shape index (κ2) is 7.56. The maximum Gasteiger partial charge on any atom is 0.221 e. The van der Waals surface area contributed by atoms with Crippen LogP contribution < -0.4 is 10.6 Å². The molecular weight excluding hydrogens is 212 g/mol. The highest BCUT2D eigenvalue weighted by atomic mass is 16.5. The third kappa shape index (κ3) is 5.41. The highest BCUT2D eigenvalue weighted by molar-refractivity contribution is 5.78. The molecular formula is C10H20N2O4. The molecule has 1 aliphatic rings. The van der Waals surface area contributed by atoms with Crippen LogP contribution in [0, 0.1) is 0 Å². The van der Waals surface area contributed by atoms with E-state index in [1.54, 1.807) is 7.11 Å². The molecule has 1 amide bonds. The number of aliphatic hydroxyl groups is 1. The summed E-state index contributed by atoms with van der Waals surface area (Å²) >= 11 is 0. The Hall–Kier alpha value is -0.690. The minimum Gasteiger partial charge on any atom is -0.389 e. The lowest BCUT2D eigenvalue weighted by molar-refractivity contribution is -0.119. The number of carbonyl (C=O) groups excluding carboxylic acids is 1. The first-order valence-corrected chi connectivity index (χ1v) is 5.47. The molecule has 1 rings (SSSR count). The summed E-state index contributed by atoms with van der Waals surface area (Å²) < 4.78 is 9.98. The normalized spacial score (nSPS) is 22.1. The lowest BCUT2D eigenvalue weighted by Crippen LogP contribution is -2.38. The molecule has 0 radical (unpaired) electrons. The number of carbonyl (C=O) groups is 1. The second-order valence-electron chi connectivity index (χ2n) is 3.83. The molecule has 0 aromatic heterocycles. The predicted molar refractivity (Wildman–Crippen MR) is 58.1 cm³/mol. The number of methoxy groups -OCH3 is 1. The summed E-state index contributed by atoms with van der Waals surface area (Å²) in [6.45, 7) is 2.37. The average molecular weight is 232 g/mol. The van der Waals surface area contributed by atoms with Gasteiger partial charge in [0.1, 0.15) is 0 Å². The molecule has 1 fully saturated rings. The molecule has 6 heteroatoms. The minimum absolute atomic E-state index is 0.0586. The molecule has 1 saturated heterocycles. The summed E-state index contributed by atoms with van der Waals surface area (Å²) in [5, 5.41) is 15.4. The molecule has 0 aliphatic carbocycles. The van der Waals surface area contributed by atoms with E-state index in [1.807, 2.05) is 0 Å². The van der Waals surface area contributed by atoms with Gasteiger partial charge in [0.25, 0.3) is 0 Å². The fraction of sp³-hybridized carbons (Fsp3) is 0.900. The predicted octanol–water partition coefficient (Wildman–Crippen LogP) is -1.51. The molecule has 2 unspecified atom stereocenters. The molecule has 0 saturated carbocycles. The fourth-order valence-electron chi connectivity index (χ4n) is 1.47. The van der Waals surface area contributed by atoms with Crippen molar-refractivity contribution in [1.82, 2.24) is 10.6 Å². The van der Waals surface area contributed by atoms with Crippen LogP contribution in [0.4, 0.5) is 0 Å². The minimum atomic E-state index is -0.549. The lowest BCUT2D eigenvalue weighted by atomic mass is 10.2. The van der Waals surface area contributed by atoms with Gasteiger partial charge in [-0.3, -0.25) is 4.79 Å². The number of nitrogens with one attached hydrogen (secondary N) is 2. The SMILES string of the molecule is COCCOCC(O)CNC1CNC(=O)C1. The van der Waals surface area contributed by atoms with Crippen molar-refractivity contribution >= 4 is 5.91 Å². The van der Waals surface area contributed by atoms with Crippen molar-refractivity contribution in [2.45, 2.75) is 18.6 Å². The largest absolute Gasteiger partial charge is 0.389 e. The van der Waals surface area contributed by atoms with E-state index in [2.05, 4.69) is 10.6 Å². The number of rotatable bonds is 8. The fourth-order valence-corrected chi connectivity index (χ4v) is 1.47. The van der Waals surface area contributed by atoms with Crippen LogP contribution in [-0.4, -0.2) is 63.2 Å². The zero-order chi connectivity index (χ0) is 11.8. The van der Waals surface area contributed by atoms with Crippen LogP contribution in [0.1, 0.15) is 6.42 Å². The van der Waals surface area contributed by atoms with Gasteiger partial charge in [0.2, 0.25) is 5.91 Å². The van der Waals surface area contributed by atoms with Crippen LogP contribution in [0.5, 0.6) is 0 Å². The van der Waals surface area contributed by atoms with Gasteiger partial charge < -0.3 is 25.2 Å². The second-order valence-corrected chi connectivity index (χ2v) is 3.83. The number of hydrogen-bond donors (Lipinski definition) is 3. The molecule has 0 aromatic carbocycles. The van der Waals surface area contributed by atoms with E-state index in [4.69, 9.17) is 9.47 Å². The number of ether oxygens (including phenoxy) is 2. The van der Waals surface area contributed by atoms with E-state index in [0.717, 1.165) is 0 Å². The van der Waals surface area contributed by atoms with E-state index < -0.39 is 6.10 Å². The Bertz CT molecular complexity index is 213. The number of amides is 1. The Morgan fingerprint density at radius 1 is 1.62 bits per heavy atom. The lowest BCUT2D eigenvalue weighted by Gasteiger charge is -2.15. The van der Waals surface area contributed by atoms with Crippen LogP contribution in [0.3, 0.4) is 0 Å². The third-order valence-corrected chi connectivity index (χ3v) is 2.36. The van der Waals surface area contributed by atoms with Crippen LogP contribution in [0.2, 0.25) is 0 Å². The Morgan fingerprint density at radius 3 is 3.06 bits per heavy atom. The molecule has 0 aromatic rings. The van der Waals surface area contributed by atoms with Crippen molar-refractivity contribution in [3.8, 4) is 0 Å². The molecule has 0 bridgehead atoms. The van der Waals surface area contributed by atoms with Crippen molar-refractivity contribution in [1.29, 1.82) is 0 Å². The van der Waals surface area contributed by atoms with Crippen molar-refractivity contribution in [3.63, 3.8) is 0 Å². The van der Waals surface area contributed by atoms with E-state index in [9.17, 15) is 9.90 Å². The first kappa shape index (κ1) is 13.4. The van der Waals surface area contributed by atoms with Crippen LogP contribution in [0.15, 0.2) is 0 Å². The topological polar surface area (TPSA) is 79.8 Å². The smallest absolute Gasteiger partial charge is 0.221 e. The Kier molecular flexibility index (Phi) is 6.32. The van der Waals surface area contributed by atoms with Gasteiger partial charge in [-0.05, 0) is 0 Å². The van der Waals surface area contributed by atoms with Crippen molar-refractivity contribution < 1.29 is 19.4 Å². The van der Waals surface area contributed by atoms with E-state index >= 15 is 0 Å². The number of hydrogen-bond acceptors (Lipinski definition) is 5. The van der Waals surface area contributed by atoms with Gasteiger partial charge in [0, 0.05) is 32.7 Å². The summed E-state index contributed by atoms with van der Waals surface area (Å²) in [5.41, 5.74) is 0. The first-order valence-electron chi connectivity index (χ1n) is 5.47. The molecule has 0 spiro atoms. The van der Waals surface area contributed by atoms with Crippen LogP contribution >= 0.6 is 0 Å². The quantitative estimate of drug-likeness (QED) is 0.443. The zero-order valence-corrected chi connectivity index (χ0v) is 9.57. The summed E-state index contributed by atoms with van der Waals surface area (Å²) in [6.07, 6.45) is -0.0652. The van der Waals surface area contributed by atoms with E-state index in [0.29, 0.717) is 32.7 Å². The Balaban J connectivity index is 1.97. The molecule has 1 aliphatic heterocycles. The third-order valence-electron chi connectivity index (χ3n) is 2.36. The molecule has 3 N–H and O–H groups in total. The highest BCUT2D eigenvalue weighted by Crippen LogP contribution is 1.98. The van der Waals surface area contributed by atoms with Gasteiger partial charge in [-0.2, -0.15) is 0 Å². The molecule has 94 valence electrons. The van der Waals surface area contributed by atoms with Gasteiger partial charge >= 0.3 is 0 Å². The molecule has 2 atom stereocenters. The Morgan fingerprint density at radius 2 is 2.44 bits per heavy atom. The summed E-state index contributed by atoms with van der Waals surface area (Å²) in [7, 11) is 1.60. The highest BCUT2D eigenvalue weighted by Gasteiger charge is 2.21. The average Bonchev–Trinajstić information content (AvgIpc) is 2.68. The van der Waals surface area contributed by atoms with Crippen molar-refractivity contribution in [2.24, 2.45) is 0 Å². The van der Waals surface area contributed by atoms with Gasteiger partial charge in [-0.15, -0.1) is 0 Å². The molecule has 6 nitrogen and oxygen atoms in total. The van der Waals surface area contributed by atoms with Crippen LogP contribution in [-0.2, 0) is 14.3 Å². The summed E-state index contributed by atoms with van der Waals surface area (Å²) in [6, 6.07) is 0.126. The van der Waals surface area contributed by atoms with Gasteiger partial charge in [-0.1, -0.05) is 0 Å². The van der Waals surface area contributed by atoms with E-state index in [-0.39, 0.29) is 18.6 Å². The van der Waals surface area contributed by atoms with Crippen molar-refractivity contribution in [2.75, 3.05) is 40.0 Å². The Labute approximate surface area is 95.3 Å². The summed E-state index contributed by atoms with van der Waals surface area (Å²) in [5.74, 6) is 0.0586. The molecule has 1 heterocycles. The van der Waals surface area contributed by atoms with E-state index in [1.165, 1.54) is 0 Å². The van der Waals surface area contributed by atoms with Crippen molar-refractivity contribution in [3.05, 3.63) is 0 Å². The number of aliphatic hydroxyl groups excluding tert-OH is 1. The first-order chi connectivity index (χ1) is 7.72.